The first-order valence-corrected chi connectivity index (χ1v) is 8.22. The molecule has 1 aromatic rings. The number of aryl methyl sites for hydroxylation is 2. The second-order valence-corrected chi connectivity index (χ2v) is 6.46. The lowest BCUT2D eigenvalue weighted by Gasteiger charge is -2.39. The first-order valence-electron chi connectivity index (χ1n) is 8.22. The Morgan fingerprint density at radius 2 is 2.13 bits per heavy atom. The summed E-state index contributed by atoms with van der Waals surface area (Å²) >= 11 is 0. The van der Waals surface area contributed by atoms with Crippen molar-refractivity contribution in [3.8, 4) is 0 Å². The molecule has 3 heterocycles. The second-order valence-electron chi connectivity index (χ2n) is 6.46. The molecule has 0 saturated carbocycles. The monoisotopic (exact) mass is 323 g/mol. The van der Waals surface area contributed by atoms with E-state index in [0.29, 0.717) is 26.3 Å². The van der Waals surface area contributed by atoms with Crippen LogP contribution in [0.2, 0.25) is 0 Å². The summed E-state index contributed by atoms with van der Waals surface area (Å²) in [4.78, 5) is 14.3. The van der Waals surface area contributed by atoms with E-state index in [-0.39, 0.29) is 11.9 Å². The lowest BCUT2D eigenvalue weighted by molar-refractivity contribution is -0.189. The summed E-state index contributed by atoms with van der Waals surface area (Å²) < 4.78 is 16.6. The first kappa shape index (κ1) is 16.3. The van der Waals surface area contributed by atoms with Gasteiger partial charge in [-0.25, -0.2) is 4.79 Å². The molecule has 0 spiro atoms. The number of hydrogen-bond acceptors (Lipinski definition) is 5. The number of likely N-dealkylation sites (tertiary alicyclic amines) is 1. The van der Waals surface area contributed by atoms with Gasteiger partial charge in [-0.05, 0) is 33.6 Å². The summed E-state index contributed by atoms with van der Waals surface area (Å²) in [6.07, 6.45) is 1.98. The maximum Gasteiger partial charge on any atom is 0.317 e. The molecule has 1 atom stereocenters. The Hall–Kier alpha value is -1.60. The van der Waals surface area contributed by atoms with Gasteiger partial charge in [0.1, 0.15) is 5.76 Å². The summed E-state index contributed by atoms with van der Waals surface area (Å²) in [5, 5.41) is 6.87. The van der Waals surface area contributed by atoms with Gasteiger partial charge in [0.2, 0.25) is 0 Å². The van der Waals surface area contributed by atoms with E-state index in [1.165, 1.54) is 0 Å². The molecular formula is C16H25N3O4. The molecule has 2 amide bonds. The quantitative estimate of drug-likeness (QED) is 0.920. The Morgan fingerprint density at radius 1 is 1.39 bits per heavy atom. The molecule has 3 rings (SSSR count). The Bertz CT molecular complexity index is 546. The summed E-state index contributed by atoms with van der Waals surface area (Å²) in [7, 11) is 0. The number of carbonyl (C=O) groups is 1. The fourth-order valence-corrected chi connectivity index (χ4v) is 3.39. The average Bonchev–Trinajstić information content (AvgIpc) is 3.13. The number of hydrogen-bond donors (Lipinski definition) is 1. The van der Waals surface area contributed by atoms with Crippen molar-refractivity contribution in [1.29, 1.82) is 0 Å². The van der Waals surface area contributed by atoms with Crippen LogP contribution >= 0.6 is 0 Å². The number of aromatic nitrogens is 1. The Morgan fingerprint density at radius 3 is 2.78 bits per heavy atom. The van der Waals surface area contributed by atoms with Crippen molar-refractivity contribution >= 4 is 6.03 Å². The highest BCUT2D eigenvalue weighted by atomic mass is 16.7. The molecule has 128 valence electrons. The van der Waals surface area contributed by atoms with Crippen LogP contribution in [0.15, 0.2) is 4.52 Å². The third-order valence-electron chi connectivity index (χ3n) is 4.91. The predicted molar refractivity (Wildman–Crippen MR) is 82.8 cm³/mol. The number of piperidine rings is 1. The molecule has 1 aromatic heterocycles. The molecule has 23 heavy (non-hydrogen) atoms. The van der Waals surface area contributed by atoms with Crippen LogP contribution in [0, 0.1) is 19.8 Å². The van der Waals surface area contributed by atoms with Gasteiger partial charge >= 0.3 is 6.03 Å². The largest absolute Gasteiger partial charge is 0.361 e. The Kier molecular flexibility index (Phi) is 4.59. The minimum absolute atomic E-state index is 0.0590. The van der Waals surface area contributed by atoms with Crippen molar-refractivity contribution in [3.05, 3.63) is 17.0 Å². The normalized spacial score (nSPS) is 24.0. The van der Waals surface area contributed by atoms with E-state index in [4.69, 9.17) is 14.0 Å². The predicted octanol–water partition coefficient (Wildman–Crippen LogP) is 1.98. The van der Waals surface area contributed by atoms with E-state index >= 15 is 0 Å². The number of carbonyl (C=O) groups excluding carboxylic acids is 1. The third-order valence-corrected chi connectivity index (χ3v) is 4.91. The molecule has 0 aromatic carbocycles. The fraction of sp³-hybridized carbons (Fsp3) is 0.750. The molecule has 1 N–H and O–H groups in total. The fourth-order valence-electron chi connectivity index (χ4n) is 3.39. The summed E-state index contributed by atoms with van der Waals surface area (Å²) in [5.74, 6) is 0.406. The summed E-state index contributed by atoms with van der Waals surface area (Å²) in [5.41, 5.74) is 1.76. The zero-order chi connectivity index (χ0) is 16.4. The number of nitrogens with zero attached hydrogens (tertiary/aromatic N) is 2. The molecule has 2 aliphatic rings. The minimum Gasteiger partial charge on any atom is -0.361 e. The zero-order valence-electron chi connectivity index (χ0n) is 14.1. The molecule has 7 nitrogen and oxygen atoms in total. The molecule has 7 heteroatoms. The molecule has 2 saturated heterocycles. The highest BCUT2D eigenvalue weighted by Gasteiger charge is 2.42. The van der Waals surface area contributed by atoms with Crippen molar-refractivity contribution in [2.24, 2.45) is 5.92 Å². The van der Waals surface area contributed by atoms with Gasteiger partial charge in [0.25, 0.3) is 0 Å². The van der Waals surface area contributed by atoms with Crippen LogP contribution in [0.25, 0.3) is 0 Å². The van der Waals surface area contributed by atoms with Crippen LogP contribution in [0.1, 0.15) is 36.8 Å². The maximum atomic E-state index is 12.5. The van der Waals surface area contributed by atoms with Crippen molar-refractivity contribution in [2.45, 2.75) is 45.9 Å². The second kappa shape index (κ2) is 6.49. The van der Waals surface area contributed by atoms with E-state index < -0.39 is 5.79 Å². The molecule has 2 aliphatic heterocycles. The summed E-state index contributed by atoms with van der Waals surface area (Å²) in [6, 6.07) is -0.0590. The molecule has 0 bridgehead atoms. The van der Waals surface area contributed by atoms with Crippen LogP contribution < -0.4 is 5.32 Å². The van der Waals surface area contributed by atoms with Gasteiger partial charge in [-0.3, -0.25) is 0 Å². The van der Waals surface area contributed by atoms with E-state index in [9.17, 15) is 4.79 Å². The Balaban J connectivity index is 1.57. The number of rotatable bonds is 3. The highest BCUT2D eigenvalue weighted by molar-refractivity contribution is 5.74. The van der Waals surface area contributed by atoms with Crippen molar-refractivity contribution in [3.63, 3.8) is 0 Å². The standard InChI is InChI=1S/C16H25N3O4/c1-11-14(12(2)23-18-11)9-17-15(20)19-6-4-5-13(10-19)16(3)21-7-8-22-16/h13H,4-10H2,1-3H3,(H,17,20)/t13-/m1/s1. The van der Waals surface area contributed by atoms with Crippen LogP contribution in [-0.4, -0.2) is 48.2 Å². The Labute approximate surface area is 136 Å². The smallest absolute Gasteiger partial charge is 0.317 e. The van der Waals surface area contributed by atoms with E-state index in [1.807, 2.05) is 25.7 Å². The average molecular weight is 323 g/mol. The lowest BCUT2D eigenvalue weighted by atomic mass is 9.90. The topological polar surface area (TPSA) is 76.8 Å². The SMILES string of the molecule is Cc1noc(C)c1CNC(=O)N1CCC[C@@H](C2(C)OCCO2)C1. The first-order chi connectivity index (χ1) is 11.0. The van der Waals surface area contributed by atoms with Crippen molar-refractivity contribution < 1.29 is 18.8 Å². The van der Waals surface area contributed by atoms with Gasteiger partial charge in [0.15, 0.2) is 5.79 Å². The minimum atomic E-state index is -0.555. The van der Waals surface area contributed by atoms with Crippen molar-refractivity contribution in [1.82, 2.24) is 15.4 Å². The number of amides is 2. The van der Waals surface area contributed by atoms with Crippen molar-refractivity contribution in [2.75, 3.05) is 26.3 Å². The number of ether oxygens (including phenoxy) is 2. The van der Waals surface area contributed by atoms with Crippen LogP contribution in [-0.2, 0) is 16.0 Å². The van der Waals surface area contributed by atoms with Gasteiger partial charge < -0.3 is 24.2 Å². The molecule has 0 unspecified atom stereocenters. The van der Waals surface area contributed by atoms with Crippen LogP contribution in [0.5, 0.6) is 0 Å². The number of nitrogens with one attached hydrogen (secondary N) is 1. The summed E-state index contributed by atoms with van der Waals surface area (Å²) in [6.45, 7) is 8.83. The maximum absolute atomic E-state index is 12.5. The van der Waals surface area contributed by atoms with Gasteiger partial charge in [-0.2, -0.15) is 0 Å². The third kappa shape index (κ3) is 3.35. The van der Waals surface area contributed by atoms with Gasteiger partial charge in [-0.1, -0.05) is 5.16 Å². The lowest BCUT2D eigenvalue weighted by Crippen LogP contribution is -2.51. The highest BCUT2D eigenvalue weighted by Crippen LogP contribution is 2.34. The zero-order valence-corrected chi connectivity index (χ0v) is 14.1. The van der Waals surface area contributed by atoms with Crippen LogP contribution in [0.3, 0.4) is 0 Å². The van der Waals surface area contributed by atoms with Gasteiger partial charge in [-0.15, -0.1) is 0 Å². The molecular weight excluding hydrogens is 298 g/mol. The van der Waals surface area contributed by atoms with E-state index in [2.05, 4.69) is 10.5 Å². The molecule has 2 fully saturated rings. The number of urea groups is 1. The molecule has 0 radical (unpaired) electrons. The van der Waals surface area contributed by atoms with Gasteiger partial charge in [0.05, 0.1) is 18.9 Å². The van der Waals surface area contributed by atoms with E-state index in [0.717, 1.165) is 36.4 Å². The van der Waals surface area contributed by atoms with E-state index in [1.54, 1.807) is 0 Å². The van der Waals surface area contributed by atoms with Crippen LogP contribution in [0.4, 0.5) is 4.79 Å². The van der Waals surface area contributed by atoms with Gasteiger partial charge in [0, 0.05) is 31.1 Å². The molecule has 0 aliphatic carbocycles.